The van der Waals surface area contributed by atoms with Crippen molar-refractivity contribution in [3.8, 4) is 5.75 Å². The first kappa shape index (κ1) is 15.8. The molecule has 0 bridgehead atoms. The predicted octanol–water partition coefficient (Wildman–Crippen LogP) is 3.84. The molecule has 0 saturated heterocycles. The molecule has 2 rings (SSSR count). The number of nitrogens with one attached hydrogen (secondary N) is 1. The van der Waals surface area contributed by atoms with E-state index >= 15 is 0 Å². The summed E-state index contributed by atoms with van der Waals surface area (Å²) in [4.78, 5) is 12.0. The molecule has 3 nitrogen and oxygen atoms in total. The van der Waals surface area contributed by atoms with Gasteiger partial charge in [0.25, 0.3) is 0 Å². The summed E-state index contributed by atoms with van der Waals surface area (Å²) in [6, 6.07) is 4.34. The van der Waals surface area contributed by atoms with Crippen LogP contribution in [0.3, 0.4) is 0 Å². The Hall–Kier alpha value is -1.58. The van der Waals surface area contributed by atoms with Crippen molar-refractivity contribution >= 4 is 5.91 Å². The lowest BCUT2D eigenvalue weighted by Crippen LogP contribution is -2.36. The predicted molar refractivity (Wildman–Crippen MR) is 80.6 cm³/mol. The standard InChI is InChI=1S/C17H24FNO2/c1-11(19-16(20)17(2,3)4)14-9-13(7-8-15(14)18)21-10-12-5-6-12/h7-9,11-12H,5-6,10H2,1-4H3,(H,19,20). The molecular weight excluding hydrogens is 269 g/mol. The molecule has 0 spiro atoms. The lowest BCUT2D eigenvalue weighted by atomic mass is 9.94. The molecule has 21 heavy (non-hydrogen) atoms. The molecule has 1 saturated carbocycles. The van der Waals surface area contributed by atoms with Crippen molar-refractivity contribution in [1.29, 1.82) is 0 Å². The van der Waals surface area contributed by atoms with Gasteiger partial charge in [-0.05, 0) is 43.9 Å². The summed E-state index contributed by atoms with van der Waals surface area (Å²) in [5.41, 5.74) is -0.0361. The zero-order valence-corrected chi connectivity index (χ0v) is 13.2. The molecule has 1 N–H and O–H groups in total. The van der Waals surface area contributed by atoms with Crippen LogP contribution >= 0.6 is 0 Å². The van der Waals surface area contributed by atoms with Crippen LogP contribution in [0.1, 0.15) is 52.1 Å². The van der Waals surface area contributed by atoms with Crippen LogP contribution in [-0.2, 0) is 4.79 Å². The number of benzene rings is 1. The molecule has 1 aromatic carbocycles. The number of hydrogen-bond acceptors (Lipinski definition) is 2. The van der Waals surface area contributed by atoms with Crippen LogP contribution in [0.15, 0.2) is 18.2 Å². The monoisotopic (exact) mass is 293 g/mol. The number of amides is 1. The summed E-state index contributed by atoms with van der Waals surface area (Å²) in [5, 5.41) is 2.85. The van der Waals surface area contributed by atoms with E-state index in [0.29, 0.717) is 23.8 Å². The van der Waals surface area contributed by atoms with Gasteiger partial charge in [-0.25, -0.2) is 4.39 Å². The molecule has 4 heteroatoms. The third kappa shape index (κ3) is 4.45. The van der Waals surface area contributed by atoms with Gasteiger partial charge in [-0.2, -0.15) is 0 Å². The minimum atomic E-state index is -0.495. The molecule has 0 heterocycles. The van der Waals surface area contributed by atoms with Crippen LogP contribution < -0.4 is 10.1 Å². The Bertz CT molecular complexity index is 518. The van der Waals surface area contributed by atoms with Gasteiger partial charge in [0.05, 0.1) is 12.6 Å². The van der Waals surface area contributed by atoms with Gasteiger partial charge in [-0.3, -0.25) is 4.79 Å². The van der Waals surface area contributed by atoms with E-state index in [2.05, 4.69) is 5.32 Å². The van der Waals surface area contributed by atoms with Crippen molar-refractivity contribution in [3.05, 3.63) is 29.6 Å². The zero-order chi connectivity index (χ0) is 15.6. The van der Waals surface area contributed by atoms with Crippen LogP contribution in [0.2, 0.25) is 0 Å². The molecule has 1 unspecified atom stereocenters. The maximum Gasteiger partial charge on any atom is 0.225 e. The molecular formula is C17H24FNO2. The second kappa shape index (κ2) is 6.04. The molecule has 1 aliphatic carbocycles. The summed E-state index contributed by atoms with van der Waals surface area (Å²) in [6.07, 6.45) is 2.43. The third-order valence-electron chi connectivity index (χ3n) is 3.65. The highest BCUT2D eigenvalue weighted by Crippen LogP contribution is 2.30. The van der Waals surface area contributed by atoms with E-state index in [-0.39, 0.29) is 17.8 Å². The van der Waals surface area contributed by atoms with Crippen LogP contribution in [-0.4, -0.2) is 12.5 Å². The molecule has 1 fully saturated rings. The number of carbonyl (C=O) groups excluding carboxylic acids is 1. The van der Waals surface area contributed by atoms with Crippen molar-refractivity contribution in [2.45, 2.75) is 46.6 Å². The van der Waals surface area contributed by atoms with Crippen molar-refractivity contribution in [3.63, 3.8) is 0 Å². The lowest BCUT2D eigenvalue weighted by molar-refractivity contribution is -0.129. The van der Waals surface area contributed by atoms with Gasteiger partial charge in [0.1, 0.15) is 11.6 Å². The van der Waals surface area contributed by atoms with Crippen LogP contribution in [0.4, 0.5) is 4.39 Å². The number of ether oxygens (including phenoxy) is 1. The number of halogens is 1. The minimum Gasteiger partial charge on any atom is -0.493 e. The van der Waals surface area contributed by atoms with E-state index in [4.69, 9.17) is 4.74 Å². The van der Waals surface area contributed by atoms with E-state index in [1.54, 1.807) is 19.1 Å². The fourth-order valence-corrected chi connectivity index (χ4v) is 1.93. The molecule has 1 aromatic rings. The quantitative estimate of drug-likeness (QED) is 0.895. The van der Waals surface area contributed by atoms with Crippen molar-refractivity contribution in [2.75, 3.05) is 6.61 Å². The van der Waals surface area contributed by atoms with E-state index in [0.717, 1.165) is 0 Å². The lowest BCUT2D eigenvalue weighted by Gasteiger charge is -2.22. The first-order valence-electron chi connectivity index (χ1n) is 7.50. The molecule has 1 aliphatic rings. The normalized spacial score (nSPS) is 16.4. The van der Waals surface area contributed by atoms with Gasteiger partial charge >= 0.3 is 0 Å². The molecule has 1 atom stereocenters. The molecule has 0 aliphatic heterocycles. The van der Waals surface area contributed by atoms with Crippen LogP contribution in [0.25, 0.3) is 0 Å². The number of hydrogen-bond donors (Lipinski definition) is 1. The number of carbonyl (C=O) groups is 1. The highest BCUT2D eigenvalue weighted by atomic mass is 19.1. The van der Waals surface area contributed by atoms with Gasteiger partial charge in [0.15, 0.2) is 0 Å². The number of rotatable bonds is 5. The van der Waals surface area contributed by atoms with Gasteiger partial charge in [-0.15, -0.1) is 0 Å². The van der Waals surface area contributed by atoms with Gasteiger partial charge < -0.3 is 10.1 Å². The smallest absolute Gasteiger partial charge is 0.225 e. The molecule has 0 radical (unpaired) electrons. The third-order valence-corrected chi connectivity index (χ3v) is 3.65. The van der Waals surface area contributed by atoms with E-state index in [1.807, 2.05) is 20.8 Å². The Morgan fingerprint density at radius 1 is 1.43 bits per heavy atom. The first-order valence-corrected chi connectivity index (χ1v) is 7.50. The summed E-state index contributed by atoms with van der Waals surface area (Å²) in [5.74, 6) is 0.890. The van der Waals surface area contributed by atoms with Gasteiger partial charge in [0.2, 0.25) is 5.91 Å². The highest BCUT2D eigenvalue weighted by molar-refractivity contribution is 5.81. The second-order valence-electron chi connectivity index (χ2n) is 6.88. The zero-order valence-electron chi connectivity index (χ0n) is 13.2. The maximum atomic E-state index is 14.0. The Morgan fingerprint density at radius 2 is 2.10 bits per heavy atom. The molecule has 1 amide bonds. The van der Waals surface area contributed by atoms with Crippen molar-refractivity contribution in [2.24, 2.45) is 11.3 Å². The van der Waals surface area contributed by atoms with E-state index in [9.17, 15) is 9.18 Å². The topological polar surface area (TPSA) is 38.3 Å². The Kier molecular flexibility index (Phi) is 4.55. The van der Waals surface area contributed by atoms with E-state index < -0.39 is 5.41 Å². The van der Waals surface area contributed by atoms with Crippen LogP contribution in [0.5, 0.6) is 5.75 Å². The molecule has 0 aromatic heterocycles. The summed E-state index contributed by atoms with van der Waals surface area (Å²) < 4.78 is 19.6. The van der Waals surface area contributed by atoms with Gasteiger partial charge in [-0.1, -0.05) is 20.8 Å². The average molecular weight is 293 g/mol. The largest absolute Gasteiger partial charge is 0.493 e. The van der Waals surface area contributed by atoms with Crippen LogP contribution in [0, 0.1) is 17.2 Å². The Labute approximate surface area is 125 Å². The Balaban J connectivity index is 2.05. The second-order valence-corrected chi connectivity index (χ2v) is 6.88. The summed E-state index contributed by atoms with van der Waals surface area (Å²) >= 11 is 0. The SMILES string of the molecule is CC(NC(=O)C(C)(C)C)c1cc(OCC2CC2)ccc1F. The van der Waals surface area contributed by atoms with Crippen molar-refractivity contribution in [1.82, 2.24) is 5.32 Å². The maximum absolute atomic E-state index is 14.0. The van der Waals surface area contributed by atoms with Crippen molar-refractivity contribution < 1.29 is 13.9 Å². The highest BCUT2D eigenvalue weighted by Gasteiger charge is 2.25. The fourth-order valence-electron chi connectivity index (χ4n) is 1.93. The Morgan fingerprint density at radius 3 is 2.67 bits per heavy atom. The minimum absolute atomic E-state index is 0.0984. The first-order chi connectivity index (χ1) is 9.77. The average Bonchev–Trinajstić information content (AvgIpc) is 3.20. The van der Waals surface area contributed by atoms with Gasteiger partial charge in [0, 0.05) is 11.0 Å². The fraction of sp³-hybridized carbons (Fsp3) is 0.588. The molecule has 116 valence electrons. The summed E-state index contributed by atoms with van der Waals surface area (Å²) in [7, 11) is 0. The van der Waals surface area contributed by atoms with E-state index in [1.165, 1.54) is 18.9 Å². The summed E-state index contributed by atoms with van der Waals surface area (Å²) in [6.45, 7) is 7.97.